The number of nitrogens with zero attached hydrogens (tertiary/aromatic N) is 1. The van der Waals surface area contributed by atoms with Crippen molar-refractivity contribution in [1.82, 2.24) is 9.62 Å². The summed E-state index contributed by atoms with van der Waals surface area (Å²) in [4.78, 5) is 12.4. The molecule has 25 heavy (non-hydrogen) atoms. The zero-order valence-electron chi connectivity index (χ0n) is 15.0. The molecule has 0 spiro atoms. The van der Waals surface area contributed by atoms with Gasteiger partial charge < -0.3 is 10.1 Å². The van der Waals surface area contributed by atoms with E-state index < -0.39 is 10.0 Å². The van der Waals surface area contributed by atoms with Gasteiger partial charge >= 0.3 is 0 Å². The van der Waals surface area contributed by atoms with Gasteiger partial charge in [-0.25, -0.2) is 8.42 Å². The molecule has 6 nitrogen and oxygen atoms in total. The highest BCUT2D eigenvalue weighted by atomic mass is 32.2. The number of sulfonamides is 1. The lowest BCUT2D eigenvalue weighted by atomic mass is 9.97. The second-order valence-corrected chi connectivity index (χ2v) is 8.17. The molecule has 0 aliphatic carbocycles. The van der Waals surface area contributed by atoms with Gasteiger partial charge in [0.05, 0.1) is 11.5 Å². The first-order chi connectivity index (χ1) is 12.0. The summed E-state index contributed by atoms with van der Waals surface area (Å²) in [5, 5.41) is 2.94. The molecule has 7 heteroatoms. The Balaban J connectivity index is 1.93. The molecule has 140 valence electrons. The lowest BCUT2D eigenvalue weighted by molar-refractivity contribution is -0.126. The SMILES string of the molecule is CCCCNC(=O)C1CCN(S(=O)(=O)c2ccc(OCC)cc2)CC1. The molecule has 1 aromatic rings. The van der Waals surface area contributed by atoms with Gasteiger partial charge in [0.1, 0.15) is 5.75 Å². The Hall–Kier alpha value is -1.60. The van der Waals surface area contributed by atoms with Crippen LogP contribution in [0.1, 0.15) is 39.5 Å². The quantitative estimate of drug-likeness (QED) is 0.715. The van der Waals surface area contributed by atoms with Crippen LogP contribution < -0.4 is 10.1 Å². The van der Waals surface area contributed by atoms with Crippen LogP contribution >= 0.6 is 0 Å². The number of ether oxygens (including phenoxy) is 1. The van der Waals surface area contributed by atoms with Crippen molar-refractivity contribution in [3.63, 3.8) is 0 Å². The second-order valence-electron chi connectivity index (χ2n) is 6.23. The molecule has 1 aromatic carbocycles. The normalized spacial score (nSPS) is 16.6. The van der Waals surface area contributed by atoms with Crippen LogP contribution in [-0.4, -0.2) is 44.9 Å². The number of benzene rings is 1. The number of carbonyl (C=O) groups excluding carboxylic acids is 1. The maximum Gasteiger partial charge on any atom is 0.243 e. The Morgan fingerprint density at radius 2 is 1.84 bits per heavy atom. The number of nitrogens with one attached hydrogen (secondary N) is 1. The van der Waals surface area contributed by atoms with E-state index in [9.17, 15) is 13.2 Å². The molecular weight excluding hydrogens is 340 g/mol. The highest BCUT2D eigenvalue weighted by Gasteiger charge is 2.31. The number of piperidine rings is 1. The van der Waals surface area contributed by atoms with Crippen LogP contribution in [0.15, 0.2) is 29.2 Å². The van der Waals surface area contributed by atoms with E-state index in [0.717, 1.165) is 12.8 Å². The minimum Gasteiger partial charge on any atom is -0.494 e. The Bertz CT molecular complexity index is 650. The van der Waals surface area contributed by atoms with E-state index >= 15 is 0 Å². The summed E-state index contributed by atoms with van der Waals surface area (Å²) in [7, 11) is -3.52. The average Bonchev–Trinajstić information content (AvgIpc) is 2.63. The standard InChI is InChI=1S/C18H28N2O4S/c1-3-5-12-19-18(21)15-10-13-20(14-11-15)25(22,23)17-8-6-16(7-9-17)24-4-2/h6-9,15H,3-5,10-14H2,1-2H3,(H,19,21). The molecule has 1 aliphatic heterocycles. The molecule has 0 atom stereocenters. The van der Waals surface area contributed by atoms with Crippen LogP contribution in [0.5, 0.6) is 5.75 Å². The number of hydrogen-bond acceptors (Lipinski definition) is 4. The third-order valence-electron chi connectivity index (χ3n) is 4.43. The maximum atomic E-state index is 12.7. The van der Waals surface area contributed by atoms with Gasteiger partial charge in [-0.3, -0.25) is 4.79 Å². The van der Waals surface area contributed by atoms with Crippen molar-refractivity contribution in [1.29, 1.82) is 0 Å². The molecule has 0 bridgehead atoms. The van der Waals surface area contributed by atoms with Crippen molar-refractivity contribution in [3.05, 3.63) is 24.3 Å². The Kier molecular flexibility index (Phi) is 7.25. The Morgan fingerprint density at radius 3 is 2.40 bits per heavy atom. The predicted molar refractivity (Wildman–Crippen MR) is 97.0 cm³/mol. The fourth-order valence-electron chi connectivity index (χ4n) is 2.91. The van der Waals surface area contributed by atoms with E-state index in [1.165, 1.54) is 4.31 Å². The van der Waals surface area contributed by atoms with Crippen LogP contribution in [0, 0.1) is 5.92 Å². The van der Waals surface area contributed by atoms with Gasteiger partial charge in [0.25, 0.3) is 0 Å². The van der Waals surface area contributed by atoms with E-state index in [1.807, 2.05) is 6.92 Å². The molecule has 1 saturated heterocycles. The van der Waals surface area contributed by atoms with Gasteiger partial charge in [-0.2, -0.15) is 4.31 Å². The van der Waals surface area contributed by atoms with E-state index in [2.05, 4.69) is 12.2 Å². The van der Waals surface area contributed by atoms with Crippen LogP contribution in [0.25, 0.3) is 0 Å². The van der Waals surface area contributed by atoms with Gasteiger partial charge in [0.15, 0.2) is 0 Å². The van der Waals surface area contributed by atoms with Crippen LogP contribution in [-0.2, 0) is 14.8 Å². The molecule has 1 fully saturated rings. The van der Waals surface area contributed by atoms with Gasteiger partial charge in [-0.1, -0.05) is 13.3 Å². The Morgan fingerprint density at radius 1 is 1.20 bits per heavy atom. The molecule has 0 aromatic heterocycles. The number of hydrogen-bond donors (Lipinski definition) is 1. The predicted octanol–water partition coefficient (Wildman–Crippen LogP) is 2.40. The van der Waals surface area contributed by atoms with E-state index in [4.69, 9.17) is 4.74 Å². The first-order valence-electron chi connectivity index (χ1n) is 8.99. The summed E-state index contributed by atoms with van der Waals surface area (Å²) in [5.74, 6) is 0.610. The third-order valence-corrected chi connectivity index (χ3v) is 6.34. The number of carbonyl (C=O) groups is 1. The van der Waals surface area contributed by atoms with E-state index in [-0.39, 0.29) is 16.7 Å². The van der Waals surface area contributed by atoms with Gasteiger partial charge in [-0.15, -0.1) is 0 Å². The number of rotatable bonds is 8. The Labute approximate surface area is 150 Å². The molecule has 2 rings (SSSR count). The summed E-state index contributed by atoms with van der Waals surface area (Å²) in [5.41, 5.74) is 0. The molecule has 0 radical (unpaired) electrons. The van der Waals surface area contributed by atoms with Crippen LogP contribution in [0.2, 0.25) is 0 Å². The maximum absolute atomic E-state index is 12.7. The van der Waals surface area contributed by atoms with Crippen LogP contribution in [0.4, 0.5) is 0 Å². The van der Waals surface area contributed by atoms with Gasteiger partial charge in [0, 0.05) is 25.6 Å². The van der Waals surface area contributed by atoms with Crippen molar-refractivity contribution in [2.75, 3.05) is 26.2 Å². The minimum absolute atomic E-state index is 0.0477. The fraction of sp³-hybridized carbons (Fsp3) is 0.611. The second kappa shape index (κ2) is 9.20. The lowest BCUT2D eigenvalue weighted by Gasteiger charge is -2.30. The van der Waals surface area contributed by atoms with Crippen molar-refractivity contribution in [3.8, 4) is 5.75 Å². The summed E-state index contributed by atoms with van der Waals surface area (Å²) in [6, 6.07) is 6.49. The van der Waals surface area contributed by atoms with Crippen LogP contribution in [0.3, 0.4) is 0 Å². The molecule has 0 unspecified atom stereocenters. The molecule has 1 heterocycles. The highest BCUT2D eigenvalue weighted by Crippen LogP contribution is 2.25. The van der Waals surface area contributed by atoms with Crippen molar-refractivity contribution < 1.29 is 17.9 Å². The summed E-state index contributed by atoms with van der Waals surface area (Å²) >= 11 is 0. The van der Waals surface area contributed by atoms with Crippen molar-refractivity contribution >= 4 is 15.9 Å². The monoisotopic (exact) mass is 368 g/mol. The first kappa shape index (κ1) is 19.7. The van der Waals surface area contributed by atoms with E-state index in [0.29, 0.717) is 44.8 Å². The van der Waals surface area contributed by atoms with Gasteiger partial charge in [0.2, 0.25) is 15.9 Å². The average molecular weight is 368 g/mol. The largest absolute Gasteiger partial charge is 0.494 e. The topological polar surface area (TPSA) is 75.7 Å². The zero-order chi connectivity index (χ0) is 18.3. The summed E-state index contributed by atoms with van der Waals surface area (Å²) in [6.45, 7) is 5.95. The third kappa shape index (κ3) is 5.19. The van der Waals surface area contributed by atoms with Gasteiger partial charge in [-0.05, 0) is 50.5 Å². The number of amides is 1. The highest BCUT2D eigenvalue weighted by molar-refractivity contribution is 7.89. The molecule has 1 aliphatic rings. The van der Waals surface area contributed by atoms with Crippen molar-refractivity contribution in [2.45, 2.75) is 44.4 Å². The molecular formula is C18H28N2O4S. The van der Waals surface area contributed by atoms with E-state index in [1.54, 1.807) is 24.3 Å². The summed E-state index contributed by atoms with van der Waals surface area (Å²) in [6.07, 6.45) is 3.14. The molecule has 1 N–H and O–H groups in total. The first-order valence-corrected chi connectivity index (χ1v) is 10.4. The molecule has 0 saturated carbocycles. The molecule has 1 amide bonds. The lowest BCUT2D eigenvalue weighted by Crippen LogP contribution is -2.43. The minimum atomic E-state index is -3.52. The summed E-state index contributed by atoms with van der Waals surface area (Å²) < 4.78 is 32.3. The number of unbranched alkanes of at least 4 members (excludes halogenated alkanes) is 1. The zero-order valence-corrected chi connectivity index (χ0v) is 15.8. The van der Waals surface area contributed by atoms with Crippen molar-refractivity contribution in [2.24, 2.45) is 5.92 Å². The fourth-order valence-corrected chi connectivity index (χ4v) is 4.38. The smallest absolute Gasteiger partial charge is 0.243 e.